The molecule has 0 aromatic heterocycles. The standard InChI is InChI=1S/C46H49N9O15S/c1-67-38-18-10-33(11-19-38)29-71-39-23-40(52(25-39)46(60)70-28-32-8-16-37(17-9-32)55(65)66)42(57)50-22-20-34(24-50)48-41(56)3-2-21-51(45(59)69-27-31-6-14-36(15-7-31)54(63)64)43(47)49-44(58)68-26-30-4-12-35(13-5-30)53(61)62/h4-19,34,39-40H,2-3,20-29H2,1H3,(H,48,56)(H2,47,49,58)/t34-,39-,40-/m0/s1. The number of alkyl carbamates (subject to hydrolysis) is 1. The van der Waals surface area contributed by atoms with Gasteiger partial charge in [-0.05, 0) is 90.0 Å². The summed E-state index contributed by atoms with van der Waals surface area (Å²) in [5.41, 5.74) is 1.87. The van der Waals surface area contributed by atoms with E-state index in [1.807, 2.05) is 24.3 Å². The summed E-state index contributed by atoms with van der Waals surface area (Å²) in [4.78, 5) is 102. The number of benzene rings is 4. The number of guanidine groups is 1. The smallest absolute Gasteiger partial charge is 0.416 e. The van der Waals surface area contributed by atoms with E-state index < -0.39 is 57.0 Å². The fourth-order valence-electron chi connectivity index (χ4n) is 7.51. The van der Waals surface area contributed by atoms with E-state index >= 15 is 0 Å². The lowest BCUT2D eigenvalue weighted by molar-refractivity contribution is -0.385. The number of hydrogen-bond acceptors (Lipinski definition) is 17. The van der Waals surface area contributed by atoms with Gasteiger partial charge in [-0.3, -0.25) is 55.6 Å². The third-order valence-corrected chi connectivity index (χ3v) is 12.6. The number of hydrogen-bond donors (Lipinski definition) is 3. The number of nitrogens with one attached hydrogen (secondary N) is 3. The average Bonchev–Trinajstić information content (AvgIpc) is 4.03. The zero-order chi connectivity index (χ0) is 51.0. The van der Waals surface area contributed by atoms with Crippen LogP contribution in [0.2, 0.25) is 0 Å². The Labute approximate surface area is 409 Å². The number of nitro benzene ring substituents is 3. The van der Waals surface area contributed by atoms with Crippen LogP contribution in [0.15, 0.2) is 97.1 Å². The van der Waals surface area contributed by atoms with Gasteiger partial charge < -0.3 is 29.2 Å². The zero-order valence-electron chi connectivity index (χ0n) is 38.2. The van der Waals surface area contributed by atoms with Gasteiger partial charge >= 0.3 is 18.3 Å². The van der Waals surface area contributed by atoms with Crippen LogP contribution in [0.1, 0.15) is 47.9 Å². The minimum Gasteiger partial charge on any atom is -0.497 e. The van der Waals surface area contributed by atoms with Crippen molar-refractivity contribution in [3.8, 4) is 5.75 Å². The van der Waals surface area contributed by atoms with Crippen LogP contribution in [0.3, 0.4) is 0 Å². The van der Waals surface area contributed by atoms with Crippen molar-refractivity contribution in [1.29, 1.82) is 5.41 Å². The average molecular weight is 1000 g/mol. The van der Waals surface area contributed by atoms with Gasteiger partial charge in [0.1, 0.15) is 31.6 Å². The first-order chi connectivity index (χ1) is 34.1. The Balaban J connectivity index is 1.03. The summed E-state index contributed by atoms with van der Waals surface area (Å²) in [5, 5.41) is 46.5. The number of non-ortho nitro benzene ring substituents is 3. The van der Waals surface area contributed by atoms with E-state index in [-0.39, 0.29) is 87.1 Å². The van der Waals surface area contributed by atoms with E-state index in [0.29, 0.717) is 41.0 Å². The molecule has 4 aromatic carbocycles. The highest BCUT2D eigenvalue weighted by Gasteiger charge is 2.44. The molecule has 0 aliphatic carbocycles. The van der Waals surface area contributed by atoms with Crippen LogP contribution in [-0.4, -0.2) is 116 Å². The summed E-state index contributed by atoms with van der Waals surface area (Å²) in [6, 6.07) is 22.2. The predicted octanol–water partition coefficient (Wildman–Crippen LogP) is 6.43. The maximum atomic E-state index is 14.2. The number of ether oxygens (including phenoxy) is 4. The quantitative estimate of drug-likeness (QED) is 0.0300. The van der Waals surface area contributed by atoms with Gasteiger partial charge in [-0.25, -0.2) is 19.3 Å². The largest absolute Gasteiger partial charge is 0.497 e. The Morgan fingerprint density at radius 1 is 0.732 bits per heavy atom. The van der Waals surface area contributed by atoms with Gasteiger partial charge in [0.25, 0.3) is 17.1 Å². The van der Waals surface area contributed by atoms with Crippen LogP contribution in [0.25, 0.3) is 0 Å². The topological polar surface area (TPSA) is 309 Å². The van der Waals surface area contributed by atoms with Crippen molar-refractivity contribution in [3.63, 3.8) is 0 Å². The van der Waals surface area contributed by atoms with E-state index in [0.717, 1.165) is 10.5 Å². The van der Waals surface area contributed by atoms with Crippen LogP contribution in [0.5, 0.6) is 5.75 Å². The molecule has 71 heavy (non-hydrogen) atoms. The minimum atomic E-state index is -1.14. The Hall–Kier alpha value is -8.35. The number of carbonyl (C=O) groups excluding carboxylic acids is 5. The Morgan fingerprint density at radius 2 is 1.25 bits per heavy atom. The highest BCUT2D eigenvalue weighted by atomic mass is 32.2. The van der Waals surface area contributed by atoms with Crippen molar-refractivity contribution < 1.29 is 57.7 Å². The Kier molecular flexibility index (Phi) is 18.2. The third kappa shape index (κ3) is 15.1. The van der Waals surface area contributed by atoms with Gasteiger partial charge in [-0.1, -0.05) is 12.1 Å². The molecule has 0 bridgehead atoms. The second kappa shape index (κ2) is 24.8. The monoisotopic (exact) mass is 999 g/mol. The molecular formula is C46H49N9O15S. The molecule has 374 valence electrons. The molecule has 4 aromatic rings. The third-order valence-electron chi connectivity index (χ3n) is 11.3. The summed E-state index contributed by atoms with van der Waals surface area (Å²) in [5.74, 6) is -0.186. The number of rotatable bonds is 19. The molecule has 2 fully saturated rings. The molecule has 2 heterocycles. The van der Waals surface area contributed by atoms with Crippen LogP contribution < -0.4 is 15.4 Å². The van der Waals surface area contributed by atoms with E-state index in [1.165, 1.54) is 77.7 Å². The Bertz CT molecular complexity index is 2590. The van der Waals surface area contributed by atoms with E-state index in [4.69, 9.17) is 24.4 Å². The minimum absolute atomic E-state index is 0.0235. The van der Waals surface area contributed by atoms with Crippen LogP contribution in [0.4, 0.5) is 31.4 Å². The number of carbonyl (C=O) groups is 5. The van der Waals surface area contributed by atoms with Gasteiger partial charge in [0.15, 0.2) is 0 Å². The molecule has 0 unspecified atom stereocenters. The summed E-state index contributed by atoms with van der Waals surface area (Å²) in [7, 11) is 1.58. The first-order valence-electron chi connectivity index (χ1n) is 22.0. The number of methoxy groups -OCH3 is 1. The van der Waals surface area contributed by atoms with Crippen LogP contribution in [-0.2, 0) is 49.4 Å². The molecule has 0 saturated carbocycles. The molecule has 0 spiro atoms. The van der Waals surface area contributed by atoms with Crippen molar-refractivity contribution >= 4 is 64.9 Å². The molecule has 5 amide bonds. The maximum absolute atomic E-state index is 14.2. The lowest BCUT2D eigenvalue weighted by Gasteiger charge is -2.27. The molecule has 0 radical (unpaired) electrons. The summed E-state index contributed by atoms with van der Waals surface area (Å²) < 4.78 is 21.3. The number of nitrogens with zero attached hydrogens (tertiary/aromatic N) is 6. The van der Waals surface area contributed by atoms with Gasteiger partial charge in [0.05, 0.1) is 21.9 Å². The van der Waals surface area contributed by atoms with Crippen molar-refractivity contribution in [3.05, 3.63) is 150 Å². The Morgan fingerprint density at radius 3 is 1.79 bits per heavy atom. The van der Waals surface area contributed by atoms with Gasteiger partial charge in [0.2, 0.25) is 17.8 Å². The van der Waals surface area contributed by atoms with E-state index in [9.17, 15) is 54.3 Å². The summed E-state index contributed by atoms with van der Waals surface area (Å²) >= 11 is 1.59. The second-order valence-corrected chi connectivity index (χ2v) is 17.5. The van der Waals surface area contributed by atoms with Crippen LogP contribution in [0, 0.1) is 35.8 Å². The first-order valence-corrected chi connectivity index (χ1v) is 23.0. The molecule has 2 aliphatic rings. The van der Waals surface area contributed by atoms with E-state index in [2.05, 4.69) is 10.6 Å². The first kappa shape index (κ1) is 52.0. The molecule has 24 nitrogen and oxygen atoms in total. The molecule has 3 N–H and O–H groups in total. The van der Waals surface area contributed by atoms with Crippen molar-refractivity contribution in [2.24, 2.45) is 0 Å². The highest BCUT2D eigenvalue weighted by molar-refractivity contribution is 7.99. The fourth-order valence-corrected chi connectivity index (χ4v) is 8.72. The maximum Gasteiger partial charge on any atom is 0.416 e. The van der Waals surface area contributed by atoms with Gasteiger partial charge in [0, 0.05) is 86.0 Å². The molecule has 2 saturated heterocycles. The SMILES string of the molecule is COc1ccc(CS[C@H]2C[C@@H](C(=O)N3CC[C@H](NC(=O)CCCN(C(=N)NC(=O)OCc4ccc([N+](=O)[O-])cc4)C(=O)OCc4ccc([N+](=O)[O-])cc4)C3)N(C(=O)OCc3ccc([N+](=O)[O-])cc3)C2)cc1. The lowest BCUT2D eigenvalue weighted by atomic mass is 10.2. The van der Waals surface area contributed by atoms with Gasteiger partial charge in [-0.2, -0.15) is 11.8 Å². The van der Waals surface area contributed by atoms with Crippen LogP contribution >= 0.6 is 11.8 Å². The summed E-state index contributed by atoms with van der Waals surface area (Å²) in [6.07, 6.45) is -2.38. The summed E-state index contributed by atoms with van der Waals surface area (Å²) in [6.45, 7) is -0.488. The molecular weight excluding hydrogens is 951 g/mol. The second-order valence-electron chi connectivity index (χ2n) is 16.2. The number of nitro groups is 3. The number of likely N-dealkylation sites (tertiary alicyclic amines) is 2. The molecule has 6 rings (SSSR count). The molecule has 2 aliphatic heterocycles. The number of thioether (sulfide) groups is 1. The number of amides is 5. The van der Waals surface area contributed by atoms with Crippen molar-refractivity contribution in [2.45, 2.75) is 68.6 Å². The molecule has 25 heteroatoms. The fraction of sp³-hybridized carbons (Fsp3) is 0.348. The lowest BCUT2D eigenvalue weighted by Crippen LogP contribution is -2.48. The van der Waals surface area contributed by atoms with Crippen molar-refractivity contribution in [2.75, 3.05) is 33.3 Å². The molecule has 3 atom stereocenters. The van der Waals surface area contributed by atoms with Gasteiger partial charge in [-0.15, -0.1) is 0 Å². The predicted molar refractivity (Wildman–Crippen MR) is 253 cm³/mol. The zero-order valence-corrected chi connectivity index (χ0v) is 39.0. The van der Waals surface area contributed by atoms with Crippen molar-refractivity contribution in [1.82, 2.24) is 25.3 Å². The highest BCUT2D eigenvalue weighted by Crippen LogP contribution is 2.33. The normalized spacial score (nSPS) is 16.0. The van der Waals surface area contributed by atoms with E-state index in [1.54, 1.807) is 23.8 Å².